The summed E-state index contributed by atoms with van der Waals surface area (Å²) >= 11 is 6.68. The zero-order chi connectivity index (χ0) is 11.0. The van der Waals surface area contributed by atoms with Gasteiger partial charge in [0.05, 0.1) is 23.9 Å². The molecule has 8 heteroatoms. The molecule has 0 saturated carbocycles. The summed E-state index contributed by atoms with van der Waals surface area (Å²) in [6.45, 7) is 0.131. The van der Waals surface area contributed by atoms with E-state index in [-0.39, 0.29) is 37.0 Å². The third-order valence-electron chi connectivity index (χ3n) is 2.04. The monoisotopic (exact) mass is 403 g/mol. The molecule has 17 heavy (non-hydrogen) atoms. The lowest BCUT2D eigenvalue weighted by Crippen LogP contribution is -2.24. The van der Waals surface area contributed by atoms with E-state index in [1.54, 1.807) is 6.07 Å². The third-order valence-corrected chi connectivity index (χ3v) is 3.10. The van der Waals surface area contributed by atoms with E-state index in [9.17, 15) is 4.79 Å². The maximum atomic E-state index is 11.9. The van der Waals surface area contributed by atoms with Crippen LogP contribution in [-0.4, -0.2) is 9.55 Å². The van der Waals surface area contributed by atoms with Gasteiger partial charge in [0.25, 0.3) is 5.56 Å². The molecule has 0 unspecified atom stereocenters. The first kappa shape index (κ1) is 16.9. The Morgan fingerprint density at radius 3 is 2.53 bits per heavy atom. The second-order valence-corrected chi connectivity index (χ2v) is 4.76. The van der Waals surface area contributed by atoms with Gasteiger partial charge in [0.1, 0.15) is 0 Å². The van der Waals surface area contributed by atoms with Crippen LogP contribution in [0.2, 0.25) is 0 Å². The Kier molecular flexibility index (Phi) is 6.65. The Labute approximate surface area is 127 Å². The fraction of sp³-hybridized carbons (Fsp3) is 0.111. The Bertz CT molecular complexity index is 588. The van der Waals surface area contributed by atoms with Crippen molar-refractivity contribution < 1.29 is 0 Å². The summed E-state index contributed by atoms with van der Waals surface area (Å²) in [5.74, 6) is 0. The van der Waals surface area contributed by atoms with E-state index in [1.165, 1.54) is 10.9 Å². The molecule has 0 aliphatic heterocycles. The molecule has 2 aromatic rings. The normalized spacial score (nSPS) is 9.59. The van der Waals surface area contributed by atoms with Crippen LogP contribution in [0.15, 0.2) is 32.2 Å². The maximum absolute atomic E-state index is 11.9. The van der Waals surface area contributed by atoms with Crippen LogP contribution in [0, 0.1) is 0 Å². The van der Waals surface area contributed by atoms with Gasteiger partial charge in [-0.3, -0.25) is 9.36 Å². The summed E-state index contributed by atoms with van der Waals surface area (Å²) in [6.07, 6.45) is 1.45. The fourth-order valence-electron chi connectivity index (χ4n) is 1.32. The maximum Gasteiger partial charge on any atom is 0.262 e. The molecule has 2 N–H and O–H groups in total. The van der Waals surface area contributed by atoms with Gasteiger partial charge in [0, 0.05) is 8.95 Å². The zero-order valence-corrected chi connectivity index (χ0v) is 13.2. The first-order valence-electron chi connectivity index (χ1n) is 4.17. The SMILES string of the molecule is Cl.Cl.NCn1cnc2c(Br)cc(Br)cc2c1=O. The summed E-state index contributed by atoms with van der Waals surface area (Å²) in [5, 5.41) is 0.546. The molecule has 2 rings (SSSR count). The number of hydrogen-bond donors (Lipinski definition) is 1. The van der Waals surface area contributed by atoms with Crippen molar-refractivity contribution in [2.24, 2.45) is 5.73 Å². The largest absolute Gasteiger partial charge is 0.313 e. The first-order chi connectivity index (χ1) is 7.13. The second-order valence-electron chi connectivity index (χ2n) is 2.99. The number of nitrogens with two attached hydrogens (primary N) is 1. The van der Waals surface area contributed by atoms with Crippen molar-refractivity contribution >= 4 is 67.6 Å². The van der Waals surface area contributed by atoms with Crippen LogP contribution < -0.4 is 11.3 Å². The van der Waals surface area contributed by atoms with E-state index in [0.29, 0.717) is 10.9 Å². The van der Waals surface area contributed by atoms with Gasteiger partial charge in [-0.15, -0.1) is 24.8 Å². The van der Waals surface area contributed by atoms with Gasteiger partial charge in [-0.05, 0) is 28.1 Å². The molecular formula is C9H9Br2Cl2N3O. The predicted molar refractivity (Wildman–Crippen MR) is 80.1 cm³/mol. The zero-order valence-electron chi connectivity index (χ0n) is 8.39. The van der Waals surface area contributed by atoms with Crippen LogP contribution in [0.5, 0.6) is 0 Å². The van der Waals surface area contributed by atoms with Gasteiger partial charge < -0.3 is 5.73 Å². The number of benzene rings is 1. The van der Waals surface area contributed by atoms with Gasteiger partial charge in [-0.2, -0.15) is 0 Å². The smallest absolute Gasteiger partial charge is 0.262 e. The lowest BCUT2D eigenvalue weighted by molar-refractivity contribution is 0.692. The molecule has 94 valence electrons. The molecule has 1 aromatic heterocycles. The highest BCUT2D eigenvalue weighted by Gasteiger charge is 2.07. The van der Waals surface area contributed by atoms with Crippen LogP contribution in [0.25, 0.3) is 10.9 Å². The van der Waals surface area contributed by atoms with E-state index in [2.05, 4.69) is 36.8 Å². The number of aromatic nitrogens is 2. The standard InChI is InChI=1S/C9H7Br2N3O.2ClH/c10-5-1-6-8(7(11)2-5)13-4-14(3-12)9(6)15;;/h1-2,4H,3,12H2;2*1H. The van der Waals surface area contributed by atoms with Gasteiger partial charge in [0.2, 0.25) is 0 Å². The molecule has 0 spiro atoms. The topological polar surface area (TPSA) is 60.9 Å². The molecule has 0 amide bonds. The molecule has 0 atom stereocenters. The minimum Gasteiger partial charge on any atom is -0.313 e. The number of fused-ring (bicyclic) bond motifs is 1. The number of halogens is 4. The van der Waals surface area contributed by atoms with Crippen molar-refractivity contribution in [2.75, 3.05) is 0 Å². The van der Waals surface area contributed by atoms with Gasteiger partial charge in [-0.1, -0.05) is 15.9 Å². The molecule has 0 saturated heterocycles. The van der Waals surface area contributed by atoms with E-state index >= 15 is 0 Å². The van der Waals surface area contributed by atoms with Gasteiger partial charge in [-0.25, -0.2) is 4.98 Å². The number of nitrogens with zero attached hydrogens (tertiary/aromatic N) is 2. The molecule has 0 fully saturated rings. The van der Waals surface area contributed by atoms with Crippen LogP contribution in [-0.2, 0) is 6.67 Å². The summed E-state index contributed by atoms with van der Waals surface area (Å²) < 4.78 is 2.98. The molecule has 1 aromatic carbocycles. The highest BCUT2D eigenvalue weighted by molar-refractivity contribution is 9.11. The van der Waals surface area contributed by atoms with E-state index < -0.39 is 0 Å². The third kappa shape index (κ3) is 3.20. The lowest BCUT2D eigenvalue weighted by Gasteiger charge is -2.04. The van der Waals surface area contributed by atoms with Crippen LogP contribution in [0.1, 0.15) is 0 Å². The van der Waals surface area contributed by atoms with Crippen molar-refractivity contribution in [3.63, 3.8) is 0 Å². The van der Waals surface area contributed by atoms with Gasteiger partial charge in [0.15, 0.2) is 0 Å². The highest BCUT2D eigenvalue weighted by Crippen LogP contribution is 2.24. The van der Waals surface area contributed by atoms with Crippen molar-refractivity contribution in [2.45, 2.75) is 6.67 Å². The Balaban J connectivity index is 0.00000128. The molecule has 1 heterocycles. The van der Waals surface area contributed by atoms with Crippen molar-refractivity contribution in [1.82, 2.24) is 9.55 Å². The lowest BCUT2D eigenvalue weighted by atomic mass is 10.2. The Hall–Kier alpha value is -0.140. The van der Waals surface area contributed by atoms with Crippen LogP contribution in [0.4, 0.5) is 0 Å². The quantitative estimate of drug-likeness (QED) is 0.793. The van der Waals surface area contributed by atoms with Crippen LogP contribution >= 0.6 is 56.7 Å². The fourth-order valence-corrected chi connectivity index (χ4v) is 2.65. The Morgan fingerprint density at radius 2 is 1.94 bits per heavy atom. The van der Waals surface area contributed by atoms with Crippen LogP contribution in [0.3, 0.4) is 0 Å². The van der Waals surface area contributed by atoms with E-state index in [0.717, 1.165) is 8.95 Å². The van der Waals surface area contributed by atoms with Crippen molar-refractivity contribution in [1.29, 1.82) is 0 Å². The van der Waals surface area contributed by atoms with E-state index in [1.807, 2.05) is 6.07 Å². The van der Waals surface area contributed by atoms with Gasteiger partial charge >= 0.3 is 0 Å². The summed E-state index contributed by atoms with van der Waals surface area (Å²) in [6, 6.07) is 3.59. The van der Waals surface area contributed by atoms with Crippen molar-refractivity contribution in [3.05, 3.63) is 37.8 Å². The Morgan fingerprint density at radius 1 is 1.29 bits per heavy atom. The summed E-state index contributed by atoms with van der Waals surface area (Å²) in [4.78, 5) is 16.0. The average molecular weight is 406 g/mol. The molecule has 0 radical (unpaired) electrons. The predicted octanol–water partition coefficient (Wildman–Crippen LogP) is 2.68. The van der Waals surface area contributed by atoms with Crippen molar-refractivity contribution in [3.8, 4) is 0 Å². The molecule has 0 aliphatic rings. The minimum absolute atomic E-state index is 0. The van der Waals surface area contributed by atoms with E-state index in [4.69, 9.17) is 5.73 Å². The molecular weight excluding hydrogens is 397 g/mol. The number of hydrogen-bond acceptors (Lipinski definition) is 3. The molecule has 0 aliphatic carbocycles. The second kappa shape index (κ2) is 6.70. The summed E-state index contributed by atoms with van der Waals surface area (Å²) in [5.41, 5.74) is 5.93. The molecule has 0 bridgehead atoms. The number of rotatable bonds is 1. The molecule has 4 nitrogen and oxygen atoms in total. The first-order valence-corrected chi connectivity index (χ1v) is 5.76. The minimum atomic E-state index is -0.135. The highest BCUT2D eigenvalue weighted by atomic mass is 79.9. The average Bonchev–Trinajstić information content (AvgIpc) is 2.19. The summed E-state index contributed by atoms with van der Waals surface area (Å²) in [7, 11) is 0.